The zero-order chi connectivity index (χ0) is 23.8. The van der Waals surface area contributed by atoms with Gasteiger partial charge < -0.3 is 28.3 Å². The highest BCUT2D eigenvalue weighted by Crippen LogP contribution is 2.38. The molecule has 1 amide bonds. The van der Waals surface area contributed by atoms with Gasteiger partial charge in [-0.25, -0.2) is 0 Å². The number of carbonyl (C=O) groups excluding carboxylic acids is 1. The number of non-ortho nitro benzene ring substituents is 1. The van der Waals surface area contributed by atoms with Crippen LogP contribution in [0.3, 0.4) is 0 Å². The zero-order valence-electron chi connectivity index (χ0n) is 18.5. The third-order valence-electron chi connectivity index (χ3n) is 4.79. The summed E-state index contributed by atoms with van der Waals surface area (Å²) in [4.78, 5) is 24.9. The number of nitro benzene ring substituents is 1. The van der Waals surface area contributed by atoms with Crippen LogP contribution in [0.15, 0.2) is 59.2 Å². The molecule has 10 heteroatoms. The summed E-state index contributed by atoms with van der Waals surface area (Å²) in [6.45, 7) is 0.176. The summed E-state index contributed by atoms with van der Waals surface area (Å²) in [6, 6.07) is 12.6. The van der Waals surface area contributed by atoms with Crippen LogP contribution < -0.4 is 18.9 Å². The summed E-state index contributed by atoms with van der Waals surface area (Å²) in [7, 11) is 4.55. The zero-order valence-corrected chi connectivity index (χ0v) is 18.5. The van der Waals surface area contributed by atoms with Crippen LogP contribution in [0, 0.1) is 10.1 Å². The topological polar surface area (TPSA) is 114 Å². The van der Waals surface area contributed by atoms with Gasteiger partial charge in [-0.15, -0.1) is 0 Å². The summed E-state index contributed by atoms with van der Waals surface area (Å²) in [5, 5.41) is 10.8. The van der Waals surface area contributed by atoms with Gasteiger partial charge in [0.05, 0.1) is 39.1 Å². The van der Waals surface area contributed by atoms with E-state index in [0.29, 0.717) is 28.8 Å². The lowest BCUT2D eigenvalue weighted by Crippen LogP contribution is -2.34. The van der Waals surface area contributed by atoms with Crippen molar-refractivity contribution in [2.45, 2.75) is 13.1 Å². The van der Waals surface area contributed by atoms with Crippen molar-refractivity contribution < 1.29 is 33.1 Å². The first kappa shape index (κ1) is 23.5. The van der Waals surface area contributed by atoms with E-state index in [-0.39, 0.29) is 31.3 Å². The quantitative estimate of drug-likeness (QED) is 0.316. The lowest BCUT2D eigenvalue weighted by Gasteiger charge is -2.23. The molecule has 33 heavy (non-hydrogen) atoms. The lowest BCUT2D eigenvalue weighted by molar-refractivity contribution is -0.384. The van der Waals surface area contributed by atoms with Gasteiger partial charge in [0.15, 0.2) is 18.1 Å². The van der Waals surface area contributed by atoms with Crippen LogP contribution in [0.25, 0.3) is 0 Å². The van der Waals surface area contributed by atoms with Gasteiger partial charge in [-0.05, 0) is 42.0 Å². The van der Waals surface area contributed by atoms with E-state index in [9.17, 15) is 14.9 Å². The predicted octanol–water partition coefficient (Wildman–Crippen LogP) is 3.82. The first-order valence-corrected chi connectivity index (χ1v) is 9.91. The first-order chi connectivity index (χ1) is 15.9. The fourth-order valence-corrected chi connectivity index (χ4v) is 3.17. The van der Waals surface area contributed by atoms with Gasteiger partial charge in [-0.3, -0.25) is 14.9 Å². The van der Waals surface area contributed by atoms with Crippen molar-refractivity contribution >= 4 is 11.6 Å². The van der Waals surface area contributed by atoms with Gasteiger partial charge in [0.25, 0.3) is 11.6 Å². The second-order valence-corrected chi connectivity index (χ2v) is 6.90. The normalized spacial score (nSPS) is 10.4. The number of methoxy groups -OCH3 is 3. The molecule has 0 saturated carbocycles. The number of rotatable bonds is 11. The molecule has 0 aliphatic carbocycles. The Morgan fingerprint density at radius 1 is 1.00 bits per heavy atom. The fourth-order valence-electron chi connectivity index (χ4n) is 3.17. The number of hydrogen-bond acceptors (Lipinski definition) is 8. The Morgan fingerprint density at radius 2 is 1.67 bits per heavy atom. The molecule has 0 N–H and O–H groups in total. The van der Waals surface area contributed by atoms with Gasteiger partial charge >= 0.3 is 0 Å². The maximum atomic E-state index is 13.0. The fraction of sp³-hybridized carbons (Fsp3) is 0.261. The highest BCUT2D eigenvalue weighted by molar-refractivity contribution is 5.77. The molecule has 1 aromatic heterocycles. The monoisotopic (exact) mass is 456 g/mol. The van der Waals surface area contributed by atoms with Crippen LogP contribution in [0.1, 0.15) is 11.3 Å². The van der Waals surface area contributed by atoms with Crippen molar-refractivity contribution in [1.82, 2.24) is 4.90 Å². The summed E-state index contributed by atoms with van der Waals surface area (Å²) < 4.78 is 27.1. The van der Waals surface area contributed by atoms with Crippen LogP contribution in [0.4, 0.5) is 5.69 Å². The Labute approximate surface area is 190 Å². The van der Waals surface area contributed by atoms with Gasteiger partial charge in [0.2, 0.25) is 5.75 Å². The number of nitrogens with zero attached hydrogens (tertiary/aromatic N) is 2. The molecule has 0 atom stereocenters. The van der Waals surface area contributed by atoms with E-state index in [1.165, 1.54) is 51.9 Å². The minimum Gasteiger partial charge on any atom is -0.493 e. The van der Waals surface area contributed by atoms with E-state index < -0.39 is 4.92 Å². The molecule has 3 aromatic rings. The number of furan rings is 1. The molecular formula is C23H24N2O8. The van der Waals surface area contributed by atoms with Crippen LogP contribution in [-0.2, 0) is 17.9 Å². The number of amides is 1. The lowest BCUT2D eigenvalue weighted by atomic mass is 10.1. The van der Waals surface area contributed by atoms with Crippen LogP contribution in [-0.4, -0.2) is 43.7 Å². The molecule has 0 saturated heterocycles. The Kier molecular flexibility index (Phi) is 7.74. The van der Waals surface area contributed by atoms with Crippen LogP contribution in [0.5, 0.6) is 23.0 Å². The summed E-state index contributed by atoms with van der Waals surface area (Å²) in [5.74, 6) is 2.04. The standard InChI is InChI=1S/C23H24N2O8/c1-29-20-11-16(12-21(30-2)23(20)31-3)13-24(14-19-5-4-10-32-19)22(26)15-33-18-8-6-17(7-9-18)25(27)28/h4-12H,13-15H2,1-3H3. The van der Waals surface area contributed by atoms with Gasteiger partial charge in [-0.2, -0.15) is 0 Å². The molecule has 0 aliphatic rings. The molecule has 0 unspecified atom stereocenters. The van der Waals surface area contributed by atoms with Gasteiger partial charge in [0.1, 0.15) is 11.5 Å². The van der Waals surface area contributed by atoms with Crippen LogP contribution >= 0.6 is 0 Å². The Balaban J connectivity index is 1.78. The summed E-state index contributed by atoms with van der Waals surface area (Å²) in [5.41, 5.74) is 0.690. The molecule has 0 bridgehead atoms. The van der Waals surface area contributed by atoms with E-state index in [1.807, 2.05) is 0 Å². The highest BCUT2D eigenvalue weighted by Gasteiger charge is 2.20. The van der Waals surface area contributed by atoms with E-state index in [1.54, 1.807) is 29.2 Å². The Bertz CT molecular complexity index is 1060. The van der Waals surface area contributed by atoms with Crippen molar-refractivity contribution in [2.24, 2.45) is 0 Å². The highest BCUT2D eigenvalue weighted by atomic mass is 16.6. The summed E-state index contributed by atoms with van der Waals surface area (Å²) in [6.07, 6.45) is 1.53. The Morgan fingerprint density at radius 3 is 2.18 bits per heavy atom. The maximum absolute atomic E-state index is 13.0. The number of benzene rings is 2. The second kappa shape index (κ2) is 10.9. The molecular weight excluding hydrogens is 432 g/mol. The largest absolute Gasteiger partial charge is 0.493 e. The third-order valence-corrected chi connectivity index (χ3v) is 4.79. The Hall–Kier alpha value is -4.21. The number of hydrogen-bond donors (Lipinski definition) is 0. The van der Waals surface area contributed by atoms with Crippen molar-refractivity contribution in [3.8, 4) is 23.0 Å². The van der Waals surface area contributed by atoms with Crippen molar-refractivity contribution in [3.63, 3.8) is 0 Å². The molecule has 0 aliphatic heterocycles. The average molecular weight is 456 g/mol. The molecule has 1 heterocycles. The van der Waals surface area contributed by atoms with Crippen molar-refractivity contribution in [3.05, 3.63) is 76.2 Å². The molecule has 10 nitrogen and oxygen atoms in total. The van der Waals surface area contributed by atoms with E-state index in [0.717, 1.165) is 5.56 Å². The molecule has 3 rings (SSSR count). The number of carbonyl (C=O) groups is 1. The van der Waals surface area contributed by atoms with E-state index in [4.69, 9.17) is 23.4 Å². The molecule has 2 aromatic carbocycles. The first-order valence-electron chi connectivity index (χ1n) is 9.91. The van der Waals surface area contributed by atoms with E-state index >= 15 is 0 Å². The number of ether oxygens (including phenoxy) is 4. The van der Waals surface area contributed by atoms with E-state index in [2.05, 4.69) is 0 Å². The molecule has 0 radical (unpaired) electrons. The van der Waals surface area contributed by atoms with Crippen molar-refractivity contribution in [2.75, 3.05) is 27.9 Å². The second-order valence-electron chi connectivity index (χ2n) is 6.90. The smallest absolute Gasteiger partial charge is 0.269 e. The van der Waals surface area contributed by atoms with Crippen molar-refractivity contribution in [1.29, 1.82) is 0 Å². The summed E-state index contributed by atoms with van der Waals surface area (Å²) >= 11 is 0. The maximum Gasteiger partial charge on any atom is 0.269 e. The number of nitro groups is 1. The third kappa shape index (κ3) is 5.94. The van der Waals surface area contributed by atoms with Gasteiger partial charge in [0, 0.05) is 18.7 Å². The molecule has 0 fully saturated rings. The average Bonchev–Trinajstić information content (AvgIpc) is 3.34. The minimum absolute atomic E-state index is 0.0597. The van der Waals surface area contributed by atoms with Gasteiger partial charge in [-0.1, -0.05) is 0 Å². The molecule has 0 spiro atoms. The predicted molar refractivity (Wildman–Crippen MR) is 118 cm³/mol. The minimum atomic E-state index is -0.503. The van der Waals surface area contributed by atoms with Crippen LogP contribution in [0.2, 0.25) is 0 Å². The SMILES string of the molecule is COc1cc(CN(Cc2ccco2)C(=O)COc2ccc([N+](=O)[O-])cc2)cc(OC)c1OC. The molecule has 174 valence electrons.